The molecule has 0 heterocycles. The number of nitrogens with one attached hydrogen (secondary N) is 1. The third-order valence-electron chi connectivity index (χ3n) is 8.91. The number of rotatable bonds is 8. The Bertz CT molecular complexity index is 1140. The first-order chi connectivity index (χ1) is 16.0. The number of primary amides is 1. The fourth-order valence-electron chi connectivity index (χ4n) is 8.02. The minimum Gasteiger partial charge on any atom is -0.369 e. The van der Waals surface area contributed by atoms with E-state index < -0.39 is 36.5 Å². The molecular weight excluding hydrogens is 458 g/mol. The average Bonchev–Trinajstić information content (AvgIpc) is 3.21. The number of nitrogens with zero attached hydrogens (tertiary/aromatic N) is 1. The molecule has 6 rings (SSSR count). The zero-order valence-electron chi connectivity index (χ0n) is 19.1. The van der Waals surface area contributed by atoms with E-state index >= 15 is 0 Å². The zero-order chi connectivity index (χ0) is 24.4. The monoisotopic (exact) mass is 489 g/mol. The summed E-state index contributed by atoms with van der Waals surface area (Å²) in [7, 11) is -4.30. The van der Waals surface area contributed by atoms with Gasteiger partial charge in [-0.25, -0.2) is 8.42 Å². The summed E-state index contributed by atoms with van der Waals surface area (Å²) in [6, 6.07) is 5.19. The van der Waals surface area contributed by atoms with Gasteiger partial charge in [-0.3, -0.25) is 19.7 Å². The molecule has 5 aliphatic rings. The predicted molar refractivity (Wildman–Crippen MR) is 123 cm³/mol. The van der Waals surface area contributed by atoms with Crippen LogP contribution in [0, 0.1) is 32.8 Å². The number of para-hydroxylation sites is 1. The summed E-state index contributed by atoms with van der Waals surface area (Å²) in [5.41, 5.74) is 3.19. The highest BCUT2D eigenvalue weighted by atomic mass is 32.2. The van der Waals surface area contributed by atoms with Crippen molar-refractivity contribution in [3.8, 4) is 0 Å². The van der Waals surface area contributed by atoms with Crippen LogP contribution >= 0.6 is 0 Å². The number of nitrogens with two attached hydrogens (primary N) is 1. The molecule has 0 aliphatic heterocycles. The maximum Gasteiger partial charge on any atom is 0.289 e. The molecule has 184 valence electrons. The van der Waals surface area contributed by atoms with Crippen LogP contribution in [0.4, 0.5) is 5.69 Å². The van der Waals surface area contributed by atoms with Crippen molar-refractivity contribution in [3.63, 3.8) is 0 Å². The summed E-state index contributed by atoms with van der Waals surface area (Å²) >= 11 is 0. The first kappa shape index (κ1) is 23.4. The number of carbonyl (C=O) groups excluding carboxylic acids is 2. The molecule has 1 aromatic carbocycles. The van der Waals surface area contributed by atoms with E-state index in [-0.39, 0.29) is 23.5 Å². The Balaban J connectivity index is 1.43. The lowest BCUT2D eigenvalue weighted by Crippen LogP contribution is -2.59. The van der Waals surface area contributed by atoms with Gasteiger partial charge >= 0.3 is 0 Å². The molecule has 0 saturated heterocycles. The Labute approximate surface area is 199 Å². The average molecular weight is 490 g/mol. The largest absolute Gasteiger partial charge is 0.369 e. The SMILES string of the molecule is NC(=O)C12CC3CC(CC(CC(=O)C4(NS(=O)(=O)c5ccccc5[N+](=O)[O-])CCCC4)(C3)C1)C2. The second-order valence-corrected chi connectivity index (χ2v) is 13.0. The molecule has 1 amide bonds. The Morgan fingerprint density at radius 3 is 2.29 bits per heavy atom. The molecule has 3 N–H and O–H groups in total. The molecule has 5 saturated carbocycles. The molecule has 5 fully saturated rings. The van der Waals surface area contributed by atoms with Crippen molar-refractivity contribution in [2.75, 3.05) is 0 Å². The molecule has 2 atom stereocenters. The zero-order valence-corrected chi connectivity index (χ0v) is 19.9. The van der Waals surface area contributed by atoms with Crippen LogP contribution in [0.25, 0.3) is 0 Å². The molecule has 4 bridgehead atoms. The number of Topliss-reactive ketones (excluding diaryl/α,β-unsaturated/α-hetero) is 1. The van der Waals surface area contributed by atoms with Crippen LogP contribution in [-0.4, -0.2) is 30.6 Å². The van der Waals surface area contributed by atoms with E-state index in [1.807, 2.05) is 0 Å². The van der Waals surface area contributed by atoms with Gasteiger partial charge in [0, 0.05) is 12.5 Å². The van der Waals surface area contributed by atoms with Gasteiger partial charge in [0.25, 0.3) is 5.69 Å². The van der Waals surface area contributed by atoms with Crippen LogP contribution in [-0.2, 0) is 19.6 Å². The Morgan fingerprint density at radius 2 is 1.71 bits per heavy atom. The Morgan fingerprint density at radius 1 is 1.09 bits per heavy atom. The van der Waals surface area contributed by atoms with Crippen molar-refractivity contribution in [2.24, 2.45) is 28.4 Å². The number of nitro benzene ring substituents is 1. The molecule has 34 heavy (non-hydrogen) atoms. The summed E-state index contributed by atoms with van der Waals surface area (Å²) in [4.78, 5) is 36.6. The number of carbonyl (C=O) groups is 2. The fourth-order valence-corrected chi connectivity index (χ4v) is 9.64. The highest BCUT2D eigenvalue weighted by Crippen LogP contribution is 2.66. The van der Waals surface area contributed by atoms with Crippen molar-refractivity contribution in [2.45, 2.75) is 81.1 Å². The van der Waals surface area contributed by atoms with Gasteiger partial charge in [0.2, 0.25) is 15.9 Å². The van der Waals surface area contributed by atoms with Gasteiger partial charge in [-0.1, -0.05) is 25.0 Å². The van der Waals surface area contributed by atoms with Gasteiger partial charge in [-0.05, 0) is 74.7 Å². The van der Waals surface area contributed by atoms with Crippen molar-refractivity contribution < 1.29 is 22.9 Å². The lowest BCUT2D eigenvalue weighted by Gasteiger charge is -2.61. The smallest absolute Gasteiger partial charge is 0.289 e. The summed E-state index contributed by atoms with van der Waals surface area (Å²) in [6.45, 7) is 0. The summed E-state index contributed by atoms with van der Waals surface area (Å²) in [5, 5.41) is 11.4. The van der Waals surface area contributed by atoms with Gasteiger partial charge in [0.1, 0.15) is 0 Å². The first-order valence-electron chi connectivity index (χ1n) is 12.1. The molecule has 2 unspecified atom stereocenters. The van der Waals surface area contributed by atoms with Crippen LogP contribution in [0.5, 0.6) is 0 Å². The normalized spacial score (nSPS) is 33.6. The molecule has 1 aromatic rings. The number of benzene rings is 1. The van der Waals surface area contributed by atoms with Gasteiger partial charge in [0.05, 0.1) is 15.9 Å². The number of nitro groups is 1. The minimum atomic E-state index is -4.30. The van der Waals surface area contributed by atoms with E-state index in [1.54, 1.807) is 0 Å². The van der Waals surface area contributed by atoms with Crippen molar-refractivity contribution in [3.05, 3.63) is 34.4 Å². The highest BCUT2D eigenvalue weighted by molar-refractivity contribution is 7.89. The number of amides is 1. The molecule has 9 nitrogen and oxygen atoms in total. The third kappa shape index (κ3) is 3.75. The molecular formula is C24H31N3O6S. The second kappa shape index (κ2) is 7.84. The van der Waals surface area contributed by atoms with Gasteiger partial charge in [0.15, 0.2) is 10.7 Å². The first-order valence-corrected chi connectivity index (χ1v) is 13.6. The summed E-state index contributed by atoms with van der Waals surface area (Å²) in [5.74, 6) is 0.328. The molecule has 0 spiro atoms. The topological polar surface area (TPSA) is 149 Å². The molecule has 10 heteroatoms. The Hall–Kier alpha value is -2.33. The van der Waals surface area contributed by atoms with E-state index in [9.17, 15) is 28.1 Å². The maximum absolute atomic E-state index is 13.9. The highest BCUT2D eigenvalue weighted by Gasteiger charge is 2.61. The Kier molecular flexibility index (Phi) is 5.40. The molecule has 0 aromatic heterocycles. The fraction of sp³-hybridized carbons (Fsp3) is 0.667. The lowest BCUT2D eigenvalue weighted by molar-refractivity contribution is -0.387. The van der Waals surface area contributed by atoms with Crippen LogP contribution in [0.1, 0.15) is 70.6 Å². The lowest BCUT2D eigenvalue weighted by atomic mass is 9.43. The maximum atomic E-state index is 13.9. The number of ketones is 1. The second-order valence-electron chi connectivity index (χ2n) is 11.3. The molecule has 5 aliphatic carbocycles. The minimum absolute atomic E-state index is 0.159. The summed E-state index contributed by atoms with van der Waals surface area (Å²) < 4.78 is 29.2. The van der Waals surface area contributed by atoms with Gasteiger partial charge < -0.3 is 5.73 Å². The van der Waals surface area contributed by atoms with E-state index in [0.717, 1.165) is 38.2 Å². The molecule has 0 radical (unpaired) electrons. The van der Waals surface area contributed by atoms with Gasteiger partial charge in [-0.2, -0.15) is 4.72 Å². The van der Waals surface area contributed by atoms with E-state index in [1.165, 1.54) is 18.2 Å². The van der Waals surface area contributed by atoms with Crippen LogP contribution in [0.3, 0.4) is 0 Å². The van der Waals surface area contributed by atoms with E-state index in [4.69, 9.17) is 5.73 Å². The quantitative estimate of drug-likeness (QED) is 0.423. The van der Waals surface area contributed by atoms with E-state index in [2.05, 4.69) is 4.72 Å². The van der Waals surface area contributed by atoms with Crippen LogP contribution < -0.4 is 10.5 Å². The third-order valence-corrected chi connectivity index (χ3v) is 10.5. The van der Waals surface area contributed by atoms with E-state index in [0.29, 0.717) is 43.9 Å². The number of hydrogen-bond donors (Lipinski definition) is 2. The summed E-state index contributed by atoms with van der Waals surface area (Å²) in [6.07, 6.45) is 7.37. The van der Waals surface area contributed by atoms with Crippen LogP contribution in [0.2, 0.25) is 0 Å². The standard InChI is InChI=1S/C24H31N3O6S/c25-21(29)23-12-16-9-17(13-23)11-22(10-16,15-23)14-20(28)24(7-3-4-8-24)26-34(32,33)19-6-2-1-5-18(19)27(30)31/h1-2,5-6,16-17,26H,3-4,7-15H2,(H2,25,29). The number of hydrogen-bond acceptors (Lipinski definition) is 6. The number of sulfonamides is 1. The predicted octanol–water partition coefficient (Wildman–Crippen LogP) is 3.22. The van der Waals surface area contributed by atoms with Crippen molar-refractivity contribution >= 4 is 27.4 Å². The van der Waals surface area contributed by atoms with Crippen molar-refractivity contribution in [1.82, 2.24) is 4.72 Å². The van der Waals surface area contributed by atoms with Crippen LogP contribution in [0.15, 0.2) is 29.2 Å². The van der Waals surface area contributed by atoms with Crippen molar-refractivity contribution in [1.29, 1.82) is 0 Å². The van der Waals surface area contributed by atoms with Gasteiger partial charge in [-0.15, -0.1) is 0 Å².